The molecule has 0 aromatic carbocycles. The Morgan fingerprint density at radius 1 is 1.40 bits per heavy atom. The number of imidazole rings is 1. The van der Waals surface area contributed by atoms with Crippen molar-refractivity contribution in [2.24, 2.45) is 0 Å². The number of ether oxygens (including phenoxy) is 1. The van der Waals surface area contributed by atoms with Crippen LogP contribution >= 0.6 is 0 Å². The Labute approximate surface area is 150 Å². The minimum absolute atomic E-state index is 0.0527. The molecule has 0 amide bonds. The molecule has 2 aromatic rings. The fraction of sp³-hybridized carbons (Fsp3) is 0.538. The number of nitrogens with zero attached hydrogens (tertiary/aromatic N) is 4. The van der Waals surface area contributed by atoms with Crippen LogP contribution in [0.4, 0.5) is 5.82 Å². The molecule has 2 aromatic heterocycles. The number of aliphatic hydroxyl groups excluding tert-OH is 2. The standard InChI is InChI=1S/C13H17N6O5Se/c14-10-7-11(17-3-16-10)19(4-18-7)12-9(21)8(20)6(24-12)1-15-5(2-25)13(22)23/h3-6,8-9,12,15,20-21H,1-2H2,(H,22,23)(H2,14,16,17)/t5?,6-,8-,9-,12-/m1/s1. The molecule has 5 atom stereocenters. The Hall–Kier alpha value is -1.82. The predicted molar refractivity (Wildman–Crippen MR) is 85.6 cm³/mol. The van der Waals surface area contributed by atoms with Gasteiger partial charge in [0, 0.05) is 0 Å². The van der Waals surface area contributed by atoms with Gasteiger partial charge >= 0.3 is 149 Å². The summed E-state index contributed by atoms with van der Waals surface area (Å²) in [6.45, 7) is 0.0527. The molecular weight excluding hydrogens is 399 g/mol. The third-order valence-corrected chi connectivity index (χ3v) is 4.73. The van der Waals surface area contributed by atoms with Gasteiger partial charge in [-0.15, -0.1) is 0 Å². The van der Waals surface area contributed by atoms with E-state index in [1.165, 1.54) is 17.2 Å². The van der Waals surface area contributed by atoms with Gasteiger partial charge in [-0.2, -0.15) is 0 Å². The third-order valence-electron chi connectivity index (χ3n) is 4.03. The molecule has 1 fully saturated rings. The molecule has 1 saturated heterocycles. The van der Waals surface area contributed by atoms with Crippen molar-refractivity contribution in [2.75, 3.05) is 12.3 Å². The summed E-state index contributed by atoms with van der Waals surface area (Å²) >= 11 is 2.64. The van der Waals surface area contributed by atoms with Crippen molar-refractivity contribution in [1.82, 2.24) is 24.8 Å². The number of aromatic nitrogens is 4. The van der Waals surface area contributed by atoms with Crippen LogP contribution in [0.25, 0.3) is 11.2 Å². The SMILES string of the molecule is Nc1ncnc2c1ncn2[C@@H]1O[C@H](CNC(C[Se])C(=O)O)[C@@H](O)[C@H]1O. The second-order valence-electron chi connectivity index (χ2n) is 5.59. The van der Waals surface area contributed by atoms with Crippen LogP contribution in [0.2, 0.25) is 5.32 Å². The minimum atomic E-state index is -1.24. The van der Waals surface area contributed by atoms with Crippen molar-refractivity contribution in [3.05, 3.63) is 12.7 Å². The molecule has 0 bridgehead atoms. The van der Waals surface area contributed by atoms with E-state index < -0.39 is 36.6 Å². The number of aliphatic carboxylic acids is 1. The van der Waals surface area contributed by atoms with E-state index in [2.05, 4.69) is 36.3 Å². The summed E-state index contributed by atoms with van der Waals surface area (Å²) in [4.78, 5) is 23.1. The van der Waals surface area contributed by atoms with E-state index in [-0.39, 0.29) is 17.7 Å². The van der Waals surface area contributed by atoms with Gasteiger partial charge in [-0.3, -0.25) is 0 Å². The van der Waals surface area contributed by atoms with Crippen molar-refractivity contribution >= 4 is 39.0 Å². The van der Waals surface area contributed by atoms with Gasteiger partial charge in [0.15, 0.2) is 0 Å². The Bertz CT molecular complexity index is 772. The first-order valence-electron chi connectivity index (χ1n) is 7.43. The molecule has 135 valence electrons. The van der Waals surface area contributed by atoms with Crippen LogP contribution in [-0.2, 0) is 9.53 Å². The average molecular weight is 416 g/mol. The molecule has 0 aliphatic carbocycles. The van der Waals surface area contributed by atoms with Gasteiger partial charge in [0.2, 0.25) is 0 Å². The topological polar surface area (TPSA) is 169 Å². The molecule has 1 unspecified atom stereocenters. The molecule has 11 nitrogen and oxygen atoms in total. The van der Waals surface area contributed by atoms with E-state index in [0.29, 0.717) is 11.2 Å². The van der Waals surface area contributed by atoms with Crippen LogP contribution in [0.15, 0.2) is 12.7 Å². The molecular formula is C13H17N6O5Se. The van der Waals surface area contributed by atoms with Gasteiger partial charge in [0.1, 0.15) is 0 Å². The maximum absolute atomic E-state index is 11.0. The number of carboxylic acids is 1. The number of carboxylic acid groups (broad SMARTS) is 1. The van der Waals surface area contributed by atoms with E-state index in [1.54, 1.807) is 0 Å². The van der Waals surface area contributed by atoms with Crippen LogP contribution in [0, 0.1) is 0 Å². The van der Waals surface area contributed by atoms with Crippen molar-refractivity contribution in [2.45, 2.75) is 35.9 Å². The number of rotatable bonds is 6. The van der Waals surface area contributed by atoms with Crippen LogP contribution in [-0.4, -0.2) is 87.7 Å². The normalized spacial score (nSPS) is 27.6. The first-order chi connectivity index (χ1) is 11.9. The summed E-state index contributed by atoms with van der Waals surface area (Å²) in [5.74, 6) is -0.824. The number of nitrogen functional groups attached to an aromatic ring is 1. The monoisotopic (exact) mass is 417 g/mol. The van der Waals surface area contributed by atoms with E-state index in [0.717, 1.165) is 0 Å². The molecule has 6 N–H and O–H groups in total. The van der Waals surface area contributed by atoms with E-state index in [1.807, 2.05) is 0 Å². The summed E-state index contributed by atoms with van der Waals surface area (Å²) < 4.78 is 7.17. The van der Waals surface area contributed by atoms with Crippen molar-refractivity contribution in [3.63, 3.8) is 0 Å². The first kappa shape index (κ1) is 18.0. The maximum atomic E-state index is 11.0. The zero-order chi connectivity index (χ0) is 18.1. The Morgan fingerprint density at radius 3 is 2.84 bits per heavy atom. The van der Waals surface area contributed by atoms with Gasteiger partial charge in [0.05, 0.1) is 0 Å². The summed E-state index contributed by atoms with van der Waals surface area (Å²) in [7, 11) is 0. The Balaban J connectivity index is 1.77. The molecule has 25 heavy (non-hydrogen) atoms. The molecule has 3 heterocycles. The van der Waals surface area contributed by atoms with E-state index in [4.69, 9.17) is 15.6 Å². The number of anilines is 1. The predicted octanol–water partition coefficient (Wildman–Crippen LogP) is -2.34. The molecule has 1 aliphatic rings. The van der Waals surface area contributed by atoms with Gasteiger partial charge in [-0.05, 0) is 0 Å². The zero-order valence-electron chi connectivity index (χ0n) is 12.9. The van der Waals surface area contributed by atoms with Gasteiger partial charge in [-0.1, -0.05) is 0 Å². The average Bonchev–Trinajstić information content (AvgIpc) is 3.12. The summed E-state index contributed by atoms with van der Waals surface area (Å²) in [5.41, 5.74) is 6.46. The van der Waals surface area contributed by atoms with Gasteiger partial charge in [-0.25, -0.2) is 0 Å². The Morgan fingerprint density at radius 2 is 2.16 bits per heavy atom. The zero-order valence-corrected chi connectivity index (χ0v) is 14.6. The van der Waals surface area contributed by atoms with E-state index in [9.17, 15) is 15.0 Å². The summed E-state index contributed by atoms with van der Waals surface area (Å²) in [6.07, 6.45) is -1.52. The molecule has 1 radical (unpaired) electrons. The number of fused-ring (bicyclic) bond motifs is 1. The molecule has 0 spiro atoms. The quantitative estimate of drug-likeness (QED) is 0.322. The first-order valence-corrected chi connectivity index (χ1v) is 8.64. The van der Waals surface area contributed by atoms with Crippen LogP contribution in [0.5, 0.6) is 0 Å². The van der Waals surface area contributed by atoms with E-state index >= 15 is 0 Å². The number of carbonyl (C=O) groups is 1. The molecule has 1 aliphatic heterocycles. The molecule has 12 heteroatoms. The van der Waals surface area contributed by atoms with Crippen LogP contribution in [0.1, 0.15) is 6.23 Å². The van der Waals surface area contributed by atoms with Crippen molar-refractivity contribution in [3.8, 4) is 0 Å². The van der Waals surface area contributed by atoms with Crippen LogP contribution in [0.3, 0.4) is 0 Å². The van der Waals surface area contributed by atoms with Gasteiger partial charge < -0.3 is 0 Å². The second-order valence-corrected chi connectivity index (χ2v) is 6.29. The third kappa shape index (κ3) is 3.32. The van der Waals surface area contributed by atoms with Crippen LogP contribution < -0.4 is 11.1 Å². The molecule has 0 saturated carbocycles. The fourth-order valence-electron chi connectivity index (χ4n) is 2.66. The number of nitrogens with one attached hydrogen (secondary N) is 1. The van der Waals surface area contributed by atoms with Gasteiger partial charge in [0.25, 0.3) is 0 Å². The number of hydrogen-bond donors (Lipinski definition) is 5. The number of hydrogen-bond acceptors (Lipinski definition) is 9. The fourth-order valence-corrected chi connectivity index (χ4v) is 3.21. The Kier molecular flexibility index (Phi) is 5.18. The van der Waals surface area contributed by atoms with Crippen molar-refractivity contribution in [1.29, 1.82) is 0 Å². The molecule has 3 rings (SSSR count). The summed E-state index contributed by atoms with van der Waals surface area (Å²) in [5, 5.41) is 32.6. The second kappa shape index (κ2) is 7.20. The van der Waals surface area contributed by atoms with Crippen molar-refractivity contribution < 1.29 is 24.9 Å². The number of aliphatic hydroxyl groups is 2. The number of nitrogens with two attached hydrogens (primary N) is 1. The summed E-state index contributed by atoms with van der Waals surface area (Å²) in [6, 6.07) is -0.811.